The van der Waals surface area contributed by atoms with Crippen molar-refractivity contribution in [1.82, 2.24) is 0 Å². The third-order valence-electron chi connectivity index (χ3n) is 4.59. The number of benzene rings is 1. The van der Waals surface area contributed by atoms with Gasteiger partial charge in [-0.3, -0.25) is 0 Å². The van der Waals surface area contributed by atoms with Crippen molar-refractivity contribution in [3.8, 4) is 0 Å². The molecule has 102 valence electrons. The smallest absolute Gasteiger partial charge is 0.137 e. The van der Waals surface area contributed by atoms with Crippen molar-refractivity contribution in [3.63, 3.8) is 0 Å². The van der Waals surface area contributed by atoms with Gasteiger partial charge in [-0.15, -0.1) is 0 Å². The molecule has 1 aromatic carbocycles. The predicted molar refractivity (Wildman–Crippen MR) is 76.9 cm³/mol. The Morgan fingerprint density at radius 2 is 2.05 bits per heavy atom. The fourth-order valence-electron chi connectivity index (χ4n) is 3.57. The average molecular weight is 258 g/mol. The molecule has 1 fully saturated rings. The summed E-state index contributed by atoms with van der Waals surface area (Å²) in [6.45, 7) is 4.40. The molecular formula is C17H22O2. The normalized spacial score (nSPS) is 28.1. The first-order valence-corrected chi connectivity index (χ1v) is 7.33. The SMILES string of the molecule is CC(C)C1CCCCC1(O)c1cc2ccccc2o1. The summed E-state index contributed by atoms with van der Waals surface area (Å²) in [4.78, 5) is 0. The summed E-state index contributed by atoms with van der Waals surface area (Å²) < 4.78 is 5.94. The van der Waals surface area contributed by atoms with Gasteiger partial charge < -0.3 is 9.52 Å². The minimum atomic E-state index is -0.786. The Bertz CT molecular complexity index is 536. The summed E-state index contributed by atoms with van der Waals surface area (Å²) in [6.07, 6.45) is 4.20. The van der Waals surface area contributed by atoms with E-state index in [9.17, 15) is 5.11 Å². The predicted octanol–water partition coefficient (Wildman–Crippen LogP) is 4.47. The van der Waals surface area contributed by atoms with Gasteiger partial charge in [-0.05, 0) is 36.8 Å². The van der Waals surface area contributed by atoms with Gasteiger partial charge in [-0.1, -0.05) is 44.9 Å². The zero-order valence-corrected chi connectivity index (χ0v) is 11.7. The first kappa shape index (κ1) is 12.7. The molecule has 2 atom stereocenters. The third-order valence-corrected chi connectivity index (χ3v) is 4.59. The van der Waals surface area contributed by atoms with E-state index in [0.717, 1.165) is 36.0 Å². The summed E-state index contributed by atoms with van der Waals surface area (Å²) in [6, 6.07) is 10.0. The fourth-order valence-corrected chi connectivity index (χ4v) is 3.57. The van der Waals surface area contributed by atoms with Gasteiger partial charge in [0.25, 0.3) is 0 Å². The van der Waals surface area contributed by atoms with Crippen LogP contribution in [-0.4, -0.2) is 5.11 Å². The quantitative estimate of drug-likeness (QED) is 0.862. The van der Waals surface area contributed by atoms with E-state index in [-0.39, 0.29) is 0 Å². The van der Waals surface area contributed by atoms with Crippen LogP contribution >= 0.6 is 0 Å². The van der Waals surface area contributed by atoms with Crippen LogP contribution < -0.4 is 0 Å². The Morgan fingerprint density at radius 1 is 1.26 bits per heavy atom. The van der Waals surface area contributed by atoms with E-state index in [1.165, 1.54) is 6.42 Å². The molecule has 19 heavy (non-hydrogen) atoms. The number of hydrogen-bond acceptors (Lipinski definition) is 2. The third kappa shape index (κ3) is 2.08. The van der Waals surface area contributed by atoms with E-state index in [1.54, 1.807) is 0 Å². The molecular weight excluding hydrogens is 236 g/mol. The molecule has 2 heteroatoms. The maximum atomic E-state index is 11.2. The van der Waals surface area contributed by atoms with E-state index in [4.69, 9.17) is 4.42 Å². The summed E-state index contributed by atoms with van der Waals surface area (Å²) in [5.41, 5.74) is 0.0878. The van der Waals surface area contributed by atoms with Gasteiger partial charge in [0.1, 0.15) is 16.9 Å². The van der Waals surface area contributed by atoms with Crippen molar-refractivity contribution < 1.29 is 9.52 Å². The van der Waals surface area contributed by atoms with Crippen molar-refractivity contribution in [2.45, 2.75) is 45.1 Å². The number of hydrogen-bond donors (Lipinski definition) is 1. The fraction of sp³-hybridized carbons (Fsp3) is 0.529. The Balaban J connectivity index is 2.06. The summed E-state index contributed by atoms with van der Waals surface area (Å²) in [5, 5.41) is 12.3. The van der Waals surface area contributed by atoms with Gasteiger partial charge in [0, 0.05) is 5.39 Å². The van der Waals surface area contributed by atoms with Crippen LogP contribution in [0.1, 0.15) is 45.3 Å². The Labute approximate surface area is 114 Å². The minimum absolute atomic E-state index is 0.293. The molecule has 3 rings (SSSR count). The van der Waals surface area contributed by atoms with Crippen LogP contribution in [-0.2, 0) is 5.60 Å². The van der Waals surface area contributed by atoms with Crippen LogP contribution in [0.2, 0.25) is 0 Å². The zero-order valence-electron chi connectivity index (χ0n) is 11.7. The average Bonchev–Trinajstić information content (AvgIpc) is 2.83. The second-order valence-corrected chi connectivity index (χ2v) is 6.17. The van der Waals surface area contributed by atoms with Crippen molar-refractivity contribution in [2.75, 3.05) is 0 Å². The molecule has 2 unspecified atom stereocenters. The second-order valence-electron chi connectivity index (χ2n) is 6.17. The molecule has 0 amide bonds. The lowest BCUT2D eigenvalue weighted by Gasteiger charge is -2.40. The van der Waals surface area contributed by atoms with Gasteiger partial charge >= 0.3 is 0 Å². The molecule has 1 aromatic heterocycles. The second kappa shape index (κ2) is 4.68. The van der Waals surface area contributed by atoms with Gasteiger partial charge in [-0.25, -0.2) is 0 Å². The molecule has 1 aliphatic rings. The van der Waals surface area contributed by atoms with E-state index in [1.807, 2.05) is 30.3 Å². The monoisotopic (exact) mass is 258 g/mol. The molecule has 1 N–H and O–H groups in total. The maximum Gasteiger partial charge on any atom is 0.137 e. The van der Waals surface area contributed by atoms with E-state index in [2.05, 4.69) is 13.8 Å². The van der Waals surface area contributed by atoms with Gasteiger partial charge in [0.05, 0.1) is 0 Å². The van der Waals surface area contributed by atoms with Crippen LogP contribution in [0.25, 0.3) is 11.0 Å². The Hall–Kier alpha value is -1.28. The standard InChI is InChI=1S/C17H22O2/c1-12(2)14-8-5-6-10-17(14,18)16-11-13-7-3-4-9-15(13)19-16/h3-4,7,9,11-12,14,18H,5-6,8,10H2,1-2H3. The highest BCUT2D eigenvalue weighted by atomic mass is 16.4. The number of furan rings is 1. The van der Waals surface area contributed by atoms with Gasteiger partial charge in [-0.2, -0.15) is 0 Å². The lowest BCUT2D eigenvalue weighted by Crippen LogP contribution is -2.40. The van der Waals surface area contributed by atoms with Crippen molar-refractivity contribution in [1.29, 1.82) is 0 Å². The van der Waals surface area contributed by atoms with Crippen LogP contribution in [0, 0.1) is 11.8 Å². The van der Waals surface area contributed by atoms with Crippen LogP contribution in [0.15, 0.2) is 34.7 Å². The van der Waals surface area contributed by atoms with Gasteiger partial charge in [0.15, 0.2) is 0 Å². The highest BCUT2D eigenvalue weighted by molar-refractivity contribution is 5.77. The van der Waals surface area contributed by atoms with E-state index in [0.29, 0.717) is 11.8 Å². The summed E-state index contributed by atoms with van der Waals surface area (Å²) in [5.74, 6) is 1.52. The number of para-hydroxylation sites is 1. The van der Waals surface area contributed by atoms with Crippen LogP contribution in [0.4, 0.5) is 0 Å². The largest absolute Gasteiger partial charge is 0.458 e. The molecule has 1 saturated carbocycles. The number of fused-ring (bicyclic) bond motifs is 1. The van der Waals surface area contributed by atoms with E-state index < -0.39 is 5.60 Å². The first-order chi connectivity index (χ1) is 9.11. The first-order valence-electron chi connectivity index (χ1n) is 7.33. The van der Waals surface area contributed by atoms with Crippen molar-refractivity contribution >= 4 is 11.0 Å². The number of aliphatic hydroxyl groups is 1. The maximum absolute atomic E-state index is 11.2. The molecule has 0 bridgehead atoms. The minimum Gasteiger partial charge on any atom is -0.458 e. The lowest BCUT2D eigenvalue weighted by molar-refractivity contribution is -0.0862. The highest BCUT2D eigenvalue weighted by Gasteiger charge is 2.44. The molecule has 0 radical (unpaired) electrons. The Morgan fingerprint density at radius 3 is 2.79 bits per heavy atom. The topological polar surface area (TPSA) is 33.4 Å². The molecule has 2 aromatic rings. The Kier molecular flexibility index (Phi) is 3.14. The molecule has 0 aliphatic heterocycles. The highest BCUT2D eigenvalue weighted by Crippen LogP contribution is 2.46. The number of rotatable bonds is 2. The molecule has 0 saturated heterocycles. The molecule has 1 aliphatic carbocycles. The van der Waals surface area contributed by atoms with E-state index >= 15 is 0 Å². The summed E-state index contributed by atoms with van der Waals surface area (Å²) >= 11 is 0. The van der Waals surface area contributed by atoms with Crippen LogP contribution in [0.5, 0.6) is 0 Å². The molecule has 2 nitrogen and oxygen atoms in total. The van der Waals surface area contributed by atoms with Crippen LogP contribution in [0.3, 0.4) is 0 Å². The molecule has 1 heterocycles. The molecule has 0 spiro atoms. The van der Waals surface area contributed by atoms with Crippen molar-refractivity contribution in [2.24, 2.45) is 11.8 Å². The summed E-state index contributed by atoms with van der Waals surface area (Å²) in [7, 11) is 0. The van der Waals surface area contributed by atoms with Crippen molar-refractivity contribution in [3.05, 3.63) is 36.1 Å². The van der Waals surface area contributed by atoms with Gasteiger partial charge in [0.2, 0.25) is 0 Å². The zero-order chi connectivity index (χ0) is 13.5. The lowest BCUT2D eigenvalue weighted by atomic mass is 9.69.